The monoisotopic (exact) mass is 276 g/mol. The molecule has 5 nitrogen and oxygen atoms in total. The third kappa shape index (κ3) is 3.04. The highest BCUT2D eigenvalue weighted by atomic mass is 16.6. The summed E-state index contributed by atoms with van der Waals surface area (Å²) in [7, 11) is 0. The van der Waals surface area contributed by atoms with E-state index in [1.165, 1.54) is 12.8 Å². The molecule has 0 unspecified atom stereocenters. The molecule has 2 N–H and O–H groups in total. The van der Waals surface area contributed by atoms with Crippen molar-refractivity contribution in [2.45, 2.75) is 25.3 Å². The minimum atomic E-state index is -0.0608. The van der Waals surface area contributed by atoms with Crippen LogP contribution in [0.2, 0.25) is 0 Å². The maximum absolute atomic E-state index is 12.1. The zero-order valence-corrected chi connectivity index (χ0v) is 11.5. The van der Waals surface area contributed by atoms with Gasteiger partial charge in [-0.2, -0.15) is 0 Å². The Hall–Kier alpha value is -1.75. The van der Waals surface area contributed by atoms with Crippen molar-refractivity contribution in [1.82, 2.24) is 10.6 Å². The molecule has 0 spiro atoms. The van der Waals surface area contributed by atoms with Crippen LogP contribution in [-0.2, 0) is 0 Å². The van der Waals surface area contributed by atoms with Crippen molar-refractivity contribution < 1.29 is 14.3 Å². The summed E-state index contributed by atoms with van der Waals surface area (Å²) in [5, 5.41) is 6.39. The summed E-state index contributed by atoms with van der Waals surface area (Å²) in [6.45, 7) is 2.81. The molecule has 3 rings (SSSR count). The van der Waals surface area contributed by atoms with Crippen LogP contribution in [0, 0.1) is 0 Å². The average Bonchev–Trinajstić information content (AvgIpc) is 2.53. The van der Waals surface area contributed by atoms with Crippen LogP contribution in [0.5, 0.6) is 11.5 Å². The maximum Gasteiger partial charge on any atom is 0.251 e. The molecule has 108 valence electrons. The first-order valence-electron chi connectivity index (χ1n) is 7.24. The van der Waals surface area contributed by atoms with Crippen molar-refractivity contribution in [3.8, 4) is 11.5 Å². The summed E-state index contributed by atoms with van der Waals surface area (Å²) >= 11 is 0. The van der Waals surface area contributed by atoms with Crippen LogP contribution in [-0.4, -0.2) is 38.3 Å². The summed E-state index contributed by atoms with van der Waals surface area (Å²) in [5.74, 6) is 1.30. The number of piperidine rings is 1. The van der Waals surface area contributed by atoms with Crippen LogP contribution in [0.15, 0.2) is 18.2 Å². The first-order chi connectivity index (χ1) is 9.83. The summed E-state index contributed by atoms with van der Waals surface area (Å²) in [6.07, 6.45) is 3.59. The normalized spacial score (nSPS) is 21.3. The molecule has 1 atom stereocenters. The zero-order chi connectivity index (χ0) is 13.8. The van der Waals surface area contributed by atoms with Crippen molar-refractivity contribution in [3.05, 3.63) is 23.8 Å². The van der Waals surface area contributed by atoms with Gasteiger partial charge >= 0.3 is 0 Å². The lowest BCUT2D eigenvalue weighted by Gasteiger charge is -2.23. The molecule has 1 amide bonds. The van der Waals surface area contributed by atoms with Gasteiger partial charge in [0.2, 0.25) is 0 Å². The number of fused-ring (bicyclic) bond motifs is 1. The van der Waals surface area contributed by atoms with Gasteiger partial charge in [-0.3, -0.25) is 4.79 Å². The van der Waals surface area contributed by atoms with Crippen LogP contribution < -0.4 is 20.1 Å². The summed E-state index contributed by atoms with van der Waals surface area (Å²) in [6, 6.07) is 5.71. The summed E-state index contributed by atoms with van der Waals surface area (Å²) in [4.78, 5) is 12.1. The van der Waals surface area contributed by atoms with Gasteiger partial charge in [0.05, 0.1) is 0 Å². The Morgan fingerprint density at radius 2 is 2.10 bits per heavy atom. The fourth-order valence-electron chi connectivity index (χ4n) is 2.60. The largest absolute Gasteiger partial charge is 0.486 e. The van der Waals surface area contributed by atoms with Crippen LogP contribution in [0.3, 0.4) is 0 Å². The van der Waals surface area contributed by atoms with Gasteiger partial charge in [0.1, 0.15) is 13.2 Å². The Morgan fingerprint density at radius 1 is 1.25 bits per heavy atom. The lowest BCUT2D eigenvalue weighted by atomic mass is 10.0. The molecule has 20 heavy (non-hydrogen) atoms. The number of ether oxygens (including phenoxy) is 2. The molecule has 1 aromatic carbocycles. The van der Waals surface area contributed by atoms with E-state index in [9.17, 15) is 4.79 Å². The number of carbonyl (C=O) groups excluding carboxylic acids is 1. The smallest absolute Gasteiger partial charge is 0.251 e. The fraction of sp³-hybridized carbons (Fsp3) is 0.533. The van der Waals surface area contributed by atoms with Crippen LogP contribution in [0.1, 0.15) is 29.6 Å². The van der Waals surface area contributed by atoms with Gasteiger partial charge < -0.3 is 20.1 Å². The van der Waals surface area contributed by atoms with E-state index >= 15 is 0 Å². The van der Waals surface area contributed by atoms with Gasteiger partial charge in [0, 0.05) is 18.2 Å². The van der Waals surface area contributed by atoms with Gasteiger partial charge in [0.25, 0.3) is 5.91 Å². The molecule has 1 fully saturated rings. The molecule has 1 saturated heterocycles. The van der Waals surface area contributed by atoms with Gasteiger partial charge in [0.15, 0.2) is 11.5 Å². The van der Waals surface area contributed by atoms with Gasteiger partial charge in [-0.05, 0) is 37.6 Å². The Balaban J connectivity index is 1.59. The Labute approximate surface area is 118 Å². The molecule has 2 heterocycles. The Bertz CT molecular complexity index is 484. The van der Waals surface area contributed by atoms with Crippen LogP contribution in [0.25, 0.3) is 0 Å². The number of nitrogens with one attached hydrogen (secondary N) is 2. The van der Waals surface area contributed by atoms with E-state index in [-0.39, 0.29) is 5.91 Å². The van der Waals surface area contributed by atoms with Crippen molar-refractivity contribution in [3.63, 3.8) is 0 Å². The number of rotatable bonds is 3. The molecule has 0 saturated carbocycles. The predicted molar refractivity (Wildman–Crippen MR) is 75.4 cm³/mol. The molecule has 1 aromatic rings. The highest BCUT2D eigenvalue weighted by molar-refractivity contribution is 5.94. The van der Waals surface area contributed by atoms with Crippen molar-refractivity contribution in [2.24, 2.45) is 0 Å². The van der Waals surface area contributed by atoms with E-state index in [1.54, 1.807) is 18.2 Å². The second kappa shape index (κ2) is 6.13. The van der Waals surface area contributed by atoms with E-state index in [2.05, 4.69) is 10.6 Å². The minimum Gasteiger partial charge on any atom is -0.486 e. The molecule has 2 aliphatic heterocycles. The molecular formula is C15H20N2O3. The topological polar surface area (TPSA) is 59.6 Å². The molecule has 0 aliphatic carbocycles. The third-order valence-corrected chi connectivity index (χ3v) is 3.73. The van der Waals surface area contributed by atoms with Crippen molar-refractivity contribution in [2.75, 3.05) is 26.3 Å². The maximum atomic E-state index is 12.1. The van der Waals surface area contributed by atoms with Gasteiger partial charge in [-0.1, -0.05) is 6.42 Å². The third-order valence-electron chi connectivity index (χ3n) is 3.73. The number of hydrogen-bond acceptors (Lipinski definition) is 4. The molecule has 0 bridgehead atoms. The Kier molecular flexibility index (Phi) is 4.06. The van der Waals surface area contributed by atoms with E-state index in [0.29, 0.717) is 42.9 Å². The number of carbonyl (C=O) groups is 1. The number of amides is 1. The molecule has 0 aromatic heterocycles. The predicted octanol–water partition coefficient (Wildman–Crippen LogP) is 1.33. The molecule has 5 heteroatoms. The van der Waals surface area contributed by atoms with Crippen LogP contribution in [0.4, 0.5) is 0 Å². The fourth-order valence-corrected chi connectivity index (χ4v) is 2.60. The second-order valence-corrected chi connectivity index (χ2v) is 5.22. The van der Waals surface area contributed by atoms with E-state index in [1.807, 2.05) is 0 Å². The van der Waals surface area contributed by atoms with Crippen molar-refractivity contribution >= 4 is 5.91 Å². The molecule has 0 radical (unpaired) electrons. The van der Waals surface area contributed by atoms with E-state index < -0.39 is 0 Å². The van der Waals surface area contributed by atoms with Gasteiger partial charge in [-0.25, -0.2) is 0 Å². The van der Waals surface area contributed by atoms with Crippen molar-refractivity contribution in [1.29, 1.82) is 0 Å². The number of benzene rings is 1. The highest BCUT2D eigenvalue weighted by Gasteiger charge is 2.17. The molecular weight excluding hydrogens is 256 g/mol. The standard InChI is InChI=1S/C15H20N2O3/c18-15(17-10-12-3-1-2-6-16-12)11-4-5-13-14(9-11)20-8-7-19-13/h4-5,9,12,16H,1-3,6-8,10H2,(H,17,18)/t12-/m0/s1. The highest BCUT2D eigenvalue weighted by Crippen LogP contribution is 2.30. The van der Waals surface area contributed by atoms with Crippen LogP contribution >= 0.6 is 0 Å². The Morgan fingerprint density at radius 3 is 2.90 bits per heavy atom. The SMILES string of the molecule is O=C(NC[C@@H]1CCCCN1)c1ccc2c(c1)OCCO2. The van der Waals surface area contributed by atoms with E-state index in [4.69, 9.17) is 9.47 Å². The van der Waals surface area contributed by atoms with Gasteiger partial charge in [-0.15, -0.1) is 0 Å². The lowest BCUT2D eigenvalue weighted by Crippen LogP contribution is -2.43. The molecule has 2 aliphatic rings. The first kappa shape index (κ1) is 13.2. The quantitative estimate of drug-likeness (QED) is 0.874. The summed E-state index contributed by atoms with van der Waals surface area (Å²) < 4.78 is 10.9. The minimum absolute atomic E-state index is 0.0608. The van der Waals surface area contributed by atoms with E-state index in [0.717, 1.165) is 13.0 Å². The lowest BCUT2D eigenvalue weighted by molar-refractivity contribution is 0.0946. The number of hydrogen-bond donors (Lipinski definition) is 2. The first-order valence-corrected chi connectivity index (χ1v) is 7.24. The average molecular weight is 276 g/mol. The second-order valence-electron chi connectivity index (χ2n) is 5.22. The summed E-state index contributed by atoms with van der Waals surface area (Å²) in [5.41, 5.74) is 0.616. The zero-order valence-electron chi connectivity index (χ0n) is 11.5.